The molecule has 0 aromatic carbocycles. The number of terminal acetylenes is 1. The summed E-state index contributed by atoms with van der Waals surface area (Å²) in [6.07, 6.45) is 6.33. The van der Waals surface area contributed by atoms with Crippen LogP contribution in [0.5, 0.6) is 0 Å². The van der Waals surface area contributed by atoms with E-state index in [0.717, 1.165) is 15.6 Å². The standard InChI is InChI=1S/C12H7N5O3S/c1-2-5-15-7-8(17(19)20)11(18)16-12(15)13-10(14-16)9-4-3-6-21-9/h1,3-4,6-7H,5H2. The maximum Gasteiger partial charge on any atom is 0.353 e. The van der Waals surface area contributed by atoms with Gasteiger partial charge in [-0.3, -0.25) is 19.5 Å². The third-order valence-corrected chi connectivity index (χ3v) is 3.60. The van der Waals surface area contributed by atoms with E-state index in [-0.39, 0.29) is 12.3 Å². The van der Waals surface area contributed by atoms with Gasteiger partial charge in [0, 0.05) is 0 Å². The molecule has 0 aliphatic rings. The first kappa shape index (κ1) is 13.0. The number of rotatable bonds is 3. The van der Waals surface area contributed by atoms with Crippen LogP contribution in [-0.2, 0) is 6.54 Å². The smallest absolute Gasteiger partial charge is 0.298 e. The molecule has 8 nitrogen and oxygen atoms in total. The van der Waals surface area contributed by atoms with Crippen molar-refractivity contribution in [1.82, 2.24) is 19.2 Å². The minimum absolute atomic E-state index is 0.0488. The summed E-state index contributed by atoms with van der Waals surface area (Å²) < 4.78 is 2.26. The summed E-state index contributed by atoms with van der Waals surface area (Å²) in [5, 5.41) is 16.8. The van der Waals surface area contributed by atoms with Gasteiger partial charge in [-0.1, -0.05) is 12.0 Å². The van der Waals surface area contributed by atoms with E-state index < -0.39 is 16.2 Å². The molecule has 0 saturated carbocycles. The molecule has 0 radical (unpaired) electrons. The van der Waals surface area contributed by atoms with Gasteiger partial charge in [0.25, 0.3) is 0 Å². The largest absolute Gasteiger partial charge is 0.353 e. The third-order valence-electron chi connectivity index (χ3n) is 2.74. The van der Waals surface area contributed by atoms with Crippen molar-refractivity contribution in [2.75, 3.05) is 0 Å². The van der Waals surface area contributed by atoms with E-state index in [9.17, 15) is 14.9 Å². The van der Waals surface area contributed by atoms with E-state index in [1.54, 1.807) is 6.07 Å². The van der Waals surface area contributed by atoms with Crippen LogP contribution in [0, 0.1) is 22.5 Å². The van der Waals surface area contributed by atoms with Gasteiger partial charge in [-0.05, 0) is 11.4 Å². The van der Waals surface area contributed by atoms with Crippen LogP contribution >= 0.6 is 11.3 Å². The fraction of sp³-hybridized carbons (Fsp3) is 0.0833. The zero-order valence-corrected chi connectivity index (χ0v) is 11.3. The van der Waals surface area contributed by atoms with E-state index in [2.05, 4.69) is 16.0 Å². The maximum absolute atomic E-state index is 12.1. The zero-order valence-electron chi connectivity index (χ0n) is 10.5. The number of nitrogens with zero attached hydrogens (tertiary/aromatic N) is 5. The molecule has 0 bridgehead atoms. The molecule has 3 aromatic heterocycles. The Morgan fingerprint density at radius 1 is 1.52 bits per heavy atom. The lowest BCUT2D eigenvalue weighted by Gasteiger charge is -2.02. The van der Waals surface area contributed by atoms with Crippen molar-refractivity contribution in [2.45, 2.75) is 6.54 Å². The molecule has 0 saturated heterocycles. The van der Waals surface area contributed by atoms with E-state index in [0.29, 0.717) is 5.82 Å². The Labute approximate surface area is 121 Å². The van der Waals surface area contributed by atoms with E-state index >= 15 is 0 Å². The van der Waals surface area contributed by atoms with Gasteiger partial charge < -0.3 is 0 Å². The molecule has 0 aliphatic heterocycles. The molecule has 104 valence electrons. The number of thiophene rings is 1. The topological polar surface area (TPSA) is 95.3 Å². The van der Waals surface area contributed by atoms with Crippen LogP contribution in [0.1, 0.15) is 0 Å². The van der Waals surface area contributed by atoms with Crippen LogP contribution < -0.4 is 5.56 Å². The molecule has 3 aromatic rings. The molecule has 21 heavy (non-hydrogen) atoms. The zero-order chi connectivity index (χ0) is 15.0. The molecular weight excluding hydrogens is 294 g/mol. The third kappa shape index (κ3) is 2.07. The number of fused-ring (bicyclic) bond motifs is 1. The molecule has 3 heterocycles. The lowest BCUT2D eigenvalue weighted by molar-refractivity contribution is -0.386. The summed E-state index contributed by atoms with van der Waals surface area (Å²) in [7, 11) is 0. The number of hydrogen-bond donors (Lipinski definition) is 0. The molecule has 0 amide bonds. The van der Waals surface area contributed by atoms with Crippen molar-refractivity contribution < 1.29 is 4.92 Å². The Bertz CT molecular complexity index is 932. The van der Waals surface area contributed by atoms with Gasteiger partial charge in [-0.25, -0.2) is 0 Å². The van der Waals surface area contributed by atoms with Crippen LogP contribution in [0.15, 0.2) is 28.5 Å². The van der Waals surface area contributed by atoms with Crippen molar-refractivity contribution in [3.8, 4) is 23.0 Å². The number of nitro groups is 1. The van der Waals surface area contributed by atoms with Gasteiger partial charge >= 0.3 is 11.2 Å². The molecule has 0 fully saturated rings. The van der Waals surface area contributed by atoms with Gasteiger partial charge in [0.15, 0.2) is 5.82 Å². The first-order valence-electron chi connectivity index (χ1n) is 5.74. The summed E-state index contributed by atoms with van der Waals surface area (Å²) in [5.41, 5.74) is -1.43. The quantitative estimate of drug-likeness (QED) is 0.411. The number of hydrogen-bond acceptors (Lipinski definition) is 6. The van der Waals surface area contributed by atoms with Crippen molar-refractivity contribution in [1.29, 1.82) is 0 Å². The maximum atomic E-state index is 12.1. The second kappa shape index (κ2) is 4.84. The summed E-state index contributed by atoms with van der Waals surface area (Å²) in [6, 6.07) is 3.62. The highest BCUT2D eigenvalue weighted by atomic mass is 32.1. The van der Waals surface area contributed by atoms with Gasteiger partial charge in [0.05, 0.1) is 22.5 Å². The first-order chi connectivity index (χ1) is 10.1. The summed E-state index contributed by atoms with van der Waals surface area (Å²) in [4.78, 5) is 27.2. The van der Waals surface area contributed by atoms with Crippen molar-refractivity contribution >= 4 is 22.8 Å². The van der Waals surface area contributed by atoms with Crippen molar-refractivity contribution in [3.05, 3.63) is 44.2 Å². The minimum atomic E-state index is -0.835. The fourth-order valence-corrected chi connectivity index (χ4v) is 2.50. The highest BCUT2D eigenvalue weighted by Crippen LogP contribution is 2.21. The molecule has 0 spiro atoms. The average molecular weight is 301 g/mol. The van der Waals surface area contributed by atoms with Crippen LogP contribution in [-0.4, -0.2) is 24.1 Å². The van der Waals surface area contributed by atoms with Crippen LogP contribution in [0.25, 0.3) is 16.5 Å². The molecular formula is C12H7N5O3S. The van der Waals surface area contributed by atoms with E-state index in [4.69, 9.17) is 6.42 Å². The molecule has 0 unspecified atom stereocenters. The van der Waals surface area contributed by atoms with Gasteiger partial charge in [-0.15, -0.1) is 22.9 Å². The van der Waals surface area contributed by atoms with Crippen molar-refractivity contribution in [3.63, 3.8) is 0 Å². The van der Waals surface area contributed by atoms with E-state index in [1.165, 1.54) is 15.9 Å². The Morgan fingerprint density at radius 3 is 2.95 bits per heavy atom. The highest BCUT2D eigenvalue weighted by molar-refractivity contribution is 7.13. The summed E-state index contributed by atoms with van der Waals surface area (Å²) in [5.74, 6) is 2.87. The number of aromatic nitrogens is 4. The molecule has 0 N–H and O–H groups in total. The molecule has 3 rings (SSSR count). The Hall–Kier alpha value is -2.99. The minimum Gasteiger partial charge on any atom is -0.298 e. The van der Waals surface area contributed by atoms with Gasteiger partial charge in [-0.2, -0.15) is 9.50 Å². The Balaban J connectivity index is 2.35. The fourth-order valence-electron chi connectivity index (χ4n) is 1.85. The van der Waals surface area contributed by atoms with Gasteiger partial charge in [0.1, 0.15) is 0 Å². The molecule has 0 aliphatic carbocycles. The lowest BCUT2D eigenvalue weighted by Crippen LogP contribution is -2.21. The molecule has 9 heteroatoms. The van der Waals surface area contributed by atoms with E-state index in [1.807, 2.05) is 11.4 Å². The summed E-state index contributed by atoms with van der Waals surface area (Å²) >= 11 is 1.40. The average Bonchev–Trinajstić information content (AvgIpc) is 3.09. The summed E-state index contributed by atoms with van der Waals surface area (Å²) in [6.45, 7) is 0.0488. The second-order valence-electron chi connectivity index (χ2n) is 4.03. The normalized spacial score (nSPS) is 10.6. The predicted molar refractivity (Wildman–Crippen MR) is 76.0 cm³/mol. The monoisotopic (exact) mass is 301 g/mol. The lowest BCUT2D eigenvalue weighted by atomic mass is 10.4. The SMILES string of the molecule is C#CCn1cc([N+](=O)[O-])c(=O)n2nc(-c3cccs3)nc12. The second-order valence-corrected chi connectivity index (χ2v) is 4.98. The molecule has 0 atom stereocenters. The first-order valence-corrected chi connectivity index (χ1v) is 6.61. The van der Waals surface area contributed by atoms with Crippen LogP contribution in [0.4, 0.5) is 5.69 Å². The van der Waals surface area contributed by atoms with Crippen LogP contribution in [0.2, 0.25) is 0 Å². The predicted octanol–water partition coefficient (Wildman–Crippen LogP) is 1.16. The Morgan fingerprint density at radius 2 is 2.33 bits per heavy atom. The van der Waals surface area contributed by atoms with Crippen molar-refractivity contribution in [2.24, 2.45) is 0 Å². The Kier molecular flexibility index (Phi) is 3.00. The van der Waals surface area contributed by atoms with Crippen LogP contribution in [0.3, 0.4) is 0 Å². The van der Waals surface area contributed by atoms with Gasteiger partial charge in [0.2, 0.25) is 5.78 Å². The highest BCUT2D eigenvalue weighted by Gasteiger charge is 2.21.